The molecule has 4 nitrogen and oxygen atoms in total. The molecule has 1 saturated carbocycles. The Morgan fingerprint density at radius 1 is 1.25 bits per heavy atom. The molecule has 0 spiro atoms. The minimum atomic E-state index is 0.00444. The molecule has 108 valence electrons. The van der Waals surface area contributed by atoms with Gasteiger partial charge in [0.2, 0.25) is 11.8 Å². The van der Waals surface area contributed by atoms with Gasteiger partial charge < -0.3 is 10.2 Å². The summed E-state index contributed by atoms with van der Waals surface area (Å²) in [5, 5.41) is 2.94. The summed E-state index contributed by atoms with van der Waals surface area (Å²) in [6.45, 7) is 4.62. The highest BCUT2D eigenvalue weighted by atomic mass is 16.2. The van der Waals surface area contributed by atoms with Crippen molar-refractivity contribution in [1.29, 1.82) is 0 Å². The number of nitrogens with zero attached hydrogens (tertiary/aromatic N) is 1. The first-order valence-electron chi connectivity index (χ1n) is 7.15. The third-order valence-electron chi connectivity index (χ3n) is 3.49. The molecule has 1 aromatic carbocycles. The van der Waals surface area contributed by atoms with E-state index in [1.54, 1.807) is 11.8 Å². The molecule has 1 N–H and O–H groups in total. The van der Waals surface area contributed by atoms with E-state index in [1.807, 2.05) is 31.2 Å². The first-order chi connectivity index (χ1) is 9.54. The number of nitrogens with one attached hydrogen (secondary N) is 1. The van der Waals surface area contributed by atoms with Gasteiger partial charge in [0.1, 0.15) is 0 Å². The molecule has 4 heteroatoms. The number of benzene rings is 1. The molecule has 0 radical (unpaired) electrons. The van der Waals surface area contributed by atoms with Crippen LogP contribution in [0.3, 0.4) is 0 Å². The molecule has 1 aliphatic rings. The predicted molar refractivity (Wildman–Crippen MR) is 78.1 cm³/mol. The second kappa shape index (κ2) is 6.55. The fourth-order valence-electron chi connectivity index (χ4n) is 2.03. The summed E-state index contributed by atoms with van der Waals surface area (Å²) in [6, 6.07) is 8.50. The van der Waals surface area contributed by atoms with Crippen LogP contribution < -0.4 is 5.32 Å². The van der Waals surface area contributed by atoms with Crippen molar-refractivity contribution in [3.63, 3.8) is 0 Å². The molecule has 1 fully saturated rings. The highest BCUT2D eigenvalue weighted by Crippen LogP contribution is 2.18. The second-order valence-electron chi connectivity index (χ2n) is 5.52. The van der Waals surface area contributed by atoms with Gasteiger partial charge in [-0.25, -0.2) is 0 Å². The van der Waals surface area contributed by atoms with E-state index < -0.39 is 0 Å². The molecule has 0 aromatic heterocycles. The largest absolute Gasteiger partial charge is 0.353 e. The predicted octanol–water partition coefficient (Wildman–Crippen LogP) is 2.01. The minimum Gasteiger partial charge on any atom is -0.353 e. The number of carbonyl (C=O) groups is 2. The van der Waals surface area contributed by atoms with Crippen molar-refractivity contribution >= 4 is 11.8 Å². The van der Waals surface area contributed by atoms with Crippen LogP contribution in [0.4, 0.5) is 0 Å². The zero-order valence-corrected chi connectivity index (χ0v) is 12.2. The number of rotatable bonds is 6. The molecule has 1 aliphatic carbocycles. The van der Waals surface area contributed by atoms with Crippen LogP contribution in [0.2, 0.25) is 0 Å². The minimum absolute atomic E-state index is 0.00444. The molecule has 1 aromatic rings. The normalized spacial score (nSPS) is 13.9. The van der Waals surface area contributed by atoms with Crippen molar-refractivity contribution in [2.75, 3.05) is 6.54 Å². The quantitative estimate of drug-likeness (QED) is 0.862. The second-order valence-corrected chi connectivity index (χ2v) is 5.52. The van der Waals surface area contributed by atoms with Crippen LogP contribution in [0.5, 0.6) is 0 Å². The summed E-state index contributed by atoms with van der Waals surface area (Å²) in [5.41, 5.74) is 2.29. The molecular weight excluding hydrogens is 252 g/mol. The van der Waals surface area contributed by atoms with Gasteiger partial charge in [-0.2, -0.15) is 0 Å². The number of amides is 2. The average molecular weight is 274 g/mol. The number of hydrogen-bond donors (Lipinski definition) is 1. The van der Waals surface area contributed by atoms with Crippen LogP contribution in [0.1, 0.15) is 37.3 Å². The van der Waals surface area contributed by atoms with Crippen LogP contribution in [-0.2, 0) is 16.1 Å². The Morgan fingerprint density at radius 3 is 2.45 bits per heavy atom. The van der Waals surface area contributed by atoms with E-state index in [2.05, 4.69) is 5.32 Å². The van der Waals surface area contributed by atoms with Crippen LogP contribution >= 0.6 is 0 Å². The lowest BCUT2D eigenvalue weighted by atomic mass is 10.1. The maximum absolute atomic E-state index is 11.7. The number of hydrogen-bond acceptors (Lipinski definition) is 2. The van der Waals surface area contributed by atoms with Crippen molar-refractivity contribution in [2.45, 2.75) is 45.7 Å². The van der Waals surface area contributed by atoms with E-state index in [0.717, 1.165) is 18.4 Å². The molecule has 0 unspecified atom stereocenters. The Hall–Kier alpha value is -1.84. The molecule has 0 heterocycles. The maximum atomic E-state index is 11.7. The van der Waals surface area contributed by atoms with Crippen molar-refractivity contribution in [3.8, 4) is 0 Å². The monoisotopic (exact) mass is 274 g/mol. The number of carbonyl (C=O) groups excluding carboxylic acids is 2. The van der Waals surface area contributed by atoms with Gasteiger partial charge in [0.15, 0.2) is 0 Å². The fourth-order valence-corrected chi connectivity index (χ4v) is 2.03. The topological polar surface area (TPSA) is 49.4 Å². The molecule has 0 aliphatic heterocycles. The summed E-state index contributed by atoms with van der Waals surface area (Å²) in [6.07, 6.45) is 2.55. The molecule has 0 saturated heterocycles. The Labute approximate surface area is 120 Å². The summed E-state index contributed by atoms with van der Waals surface area (Å²) in [4.78, 5) is 25.0. The Morgan fingerprint density at radius 2 is 1.90 bits per heavy atom. The van der Waals surface area contributed by atoms with Gasteiger partial charge >= 0.3 is 0 Å². The van der Waals surface area contributed by atoms with Crippen LogP contribution in [0, 0.1) is 6.92 Å². The Bertz CT molecular complexity index is 478. The first-order valence-corrected chi connectivity index (χ1v) is 7.15. The highest BCUT2D eigenvalue weighted by Gasteiger charge is 2.23. The van der Waals surface area contributed by atoms with Gasteiger partial charge in [-0.15, -0.1) is 0 Å². The zero-order valence-electron chi connectivity index (χ0n) is 12.2. The summed E-state index contributed by atoms with van der Waals surface area (Å²) >= 11 is 0. The lowest BCUT2D eigenvalue weighted by Gasteiger charge is -2.21. The lowest BCUT2D eigenvalue weighted by molar-refractivity contribution is -0.130. The van der Waals surface area contributed by atoms with Crippen LogP contribution in [-0.4, -0.2) is 29.3 Å². The van der Waals surface area contributed by atoms with E-state index in [1.165, 1.54) is 5.56 Å². The van der Waals surface area contributed by atoms with Gasteiger partial charge in [0, 0.05) is 32.5 Å². The maximum Gasteiger partial charge on any atom is 0.221 e. The van der Waals surface area contributed by atoms with Crippen LogP contribution in [0.25, 0.3) is 0 Å². The first kappa shape index (κ1) is 14.6. The Balaban J connectivity index is 1.84. The zero-order chi connectivity index (χ0) is 14.5. The smallest absolute Gasteiger partial charge is 0.221 e. The standard InChI is InChI=1S/C16H22N2O2/c1-12-3-5-14(6-4-12)11-18(13(2)19)10-9-16(20)17-15-7-8-15/h3-6,15H,7-11H2,1-2H3,(H,17,20). The lowest BCUT2D eigenvalue weighted by Crippen LogP contribution is -2.34. The van der Waals surface area contributed by atoms with Crippen molar-refractivity contribution in [2.24, 2.45) is 0 Å². The third-order valence-corrected chi connectivity index (χ3v) is 3.49. The summed E-state index contributed by atoms with van der Waals surface area (Å²) < 4.78 is 0. The van der Waals surface area contributed by atoms with Crippen LogP contribution in [0.15, 0.2) is 24.3 Å². The molecule has 0 bridgehead atoms. The van der Waals surface area contributed by atoms with Gasteiger partial charge in [0.25, 0.3) is 0 Å². The average Bonchev–Trinajstić information content (AvgIpc) is 3.20. The van der Waals surface area contributed by atoms with Gasteiger partial charge in [-0.1, -0.05) is 29.8 Å². The molecule has 0 atom stereocenters. The third kappa shape index (κ3) is 4.68. The Kier molecular flexibility index (Phi) is 4.77. The summed E-state index contributed by atoms with van der Waals surface area (Å²) in [5.74, 6) is 0.0486. The molecular formula is C16H22N2O2. The molecule has 2 amide bonds. The van der Waals surface area contributed by atoms with E-state index in [-0.39, 0.29) is 11.8 Å². The fraction of sp³-hybridized carbons (Fsp3) is 0.500. The van der Waals surface area contributed by atoms with Crippen molar-refractivity contribution in [1.82, 2.24) is 10.2 Å². The van der Waals surface area contributed by atoms with E-state index >= 15 is 0 Å². The SMILES string of the molecule is CC(=O)N(CCC(=O)NC1CC1)Cc1ccc(C)cc1. The van der Waals surface area contributed by atoms with Crippen molar-refractivity contribution in [3.05, 3.63) is 35.4 Å². The number of aryl methyl sites for hydroxylation is 1. The highest BCUT2D eigenvalue weighted by molar-refractivity contribution is 5.78. The van der Waals surface area contributed by atoms with Gasteiger partial charge in [-0.05, 0) is 25.3 Å². The van der Waals surface area contributed by atoms with Gasteiger partial charge in [0.05, 0.1) is 0 Å². The van der Waals surface area contributed by atoms with E-state index in [4.69, 9.17) is 0 Å². The molecule has 2 rings (SSSR count). The van der Waals surface area contributed by atoms with Gasteiger partial charge in [-0.3, -0.25) is 9.59 Å². The van der Waals surface area contributed by atoms with Crippen molar-refractivity contribution < 1.29 is 9.59 Å². The summed E-state index contributed by atoms with van der Waals surface area (Å²) in [7, 11) is 0. The molecule has 20 heavy (non-hydrogen) atoms. The van der Waals surface area contributed by atoms with E-state index in [0.29, 0.717) is 25.6 Å². The van der Waals surface area contributed by atoms with E-state index in [9.17, 15) is 9.59 Å².